The lowest BCUT2D eigenvalue weighted by Gasteiger charge is -2.09. The summed E-state index contributed by atoms with van der Waals surface area (Å²) in [7, 11) is 0. The van der Waals surface area contributed by atoms with Crippen molar-refractivity contribution in [2.45, 2.75) is 40.8 Å². The fourth-order valence-electron chi connectivity index (χ4n) is 1.86. The second-order valence-electron chi connectivity index (χ2n) is 4.65. The first-order valence-corrected chi connectivity index (χ1v) is 8.58. The zero-order valence-electron chi connectivity index (χ0n) is 12.9. The summed E-state index contributed by atoms with van der Waals surface area (Å²) in [6.07, 6.45) is 1.90. The molecule has 0 saturated carbocycles. The van der Waals surface area contributed by atoms with E-state index in [1.54, 1.807) is 22.7 Å². The van der Waals surface area contributed by atoms with E-state index in [0.29, 0.717) is 13.1 Å². The molecular formula is C14H21N5S2. The van der Waals surface area contributed by atoms with Crippen LogP contribution in [-0.4, -0.2) is 22.5 Å². The lowest BCUT2D eigenvalue weighted by molar-refractivity contribution is 0.812. The monoisotopic (exact) mass is 323 g/mol. The van der Waals surface area contributed by atoms with Gasteiger partial charge in [-0.3, -0.25) is 0 Å². The standard InChI is InChI=1S/C14H21N5S2/c1-5-15-14(18-8-13-16-6-9(2)20-13)17-7-12-10(3)19-11(4)21-12/h6H,5,7-8H2,1-4H3,(H2,15,17,18). The van der Waals surface area contributed by atoms with Crippen LogP contribution in [0, 0.1) is 20.8 Å². The molecule has 2 N–H and O–H groups in total. The van der Waals surface area contributed by atoms with Crippen molar-refractivity contribution in [2.75, 3.05) is 6.54 Å². The normalized spacial score (nSPS) is 11.7. The molecule has 0 amide bonds. The number of hydrogen-bond acceptors (Lipinski definition) is 5. The second kappa shape index (κ2) is 7.51. The van der Waals surface area contributed by atoms with Gasteiger partial charge >= 0.3 is 0 Å². The zero-order chi connectivity index (χ0) is 15.2. The van der Waals surface area contributed by atoms with E-state index in [2.05, 4.69) is 39.4 Å². The van der Waals surface area contributed by atoms with Crippen LogP contribution in [-0.2, 0) is 13.1 Å². The predicted octanol–water partition coefficient (Wildman–Crippen LogP) is 2.78. The number of hydrogen-bond donors (Lipinski definition) is 2. The summed E-state index contributed by atoms with van der Waals surface area (Å²) in [6, 6.07) is 0. The van der Waals surface area contributed by atoms with E-state index < -0.39 is 0 Å². The van der Waals surface area contributed by atoms with Crippen LogP contribution in [0.1, 0.15) is 32.4 Å². The topological polar surface area (TPSA) is 62.2 Å². The lowest BCUT2D eigenvalue weighted by Crippen LogP contribution is -2.36. The van der Waals surface area contributed by atoms with Gasteiger partial charge in [0.1, 0.15) is 5.01 Å². The van der Waals surface area contributed by atoms with Crippen LogP contribution in [0.15, 0.2) is 11.2 Å². The third-order valence-electron chi connectivity index (χ3n) is 2.80. The summed E-state index contributed by atoms with van der Waals surface area (Å²) in [5.41, 5.74) is 1.08. The number of aryl methyl sites for hydroxylation is 3. The van der Waals surface area contributed by atoms with E-state index in [4.69, 9.17) is 0 Å². The van der Waals surface area contributed by atoms with Gasteiger partial charge in [-0.25, -0.2) is 15.0 Å². The number of aromatic nitrogens is 2. The molecule has 0 aliphatic heterocycles. The van der Waals surface area contributed by atoms with Crippen LogP contribution in [0.3, 0.4) is 0 Å². The van der Waals surface area contributed by atoms with E-state index in [9.17, 15) is 0 Å². The smallest absolute Gasteiger partial charge is 0.191 e. The summed E-state index contributed by atoms with van der Waals surface area (Å²) in [4.78, 5) is 15.8. The van der Waals surface area contributed by atoms with Crippen molar-refractivity contribution in [3.63, 3.8) is 0 Å². The third kappa shape index (κ3) is 4.78. The molecule has 0 radical (unpaired) electrons. The van der Waals surface area contributed by atoms with Crippen LogP contribution in [0.4, 0.5) is 0 Å². The van der Waals surface area contributed by atoms with E-state index in [-0.39, 0.29) is 0 Å². The van der Waals surface area contributed by atoms with Gasteiger partial charge in [0.2, 0.25) is 0 Å². The number of rotatable bonds is 5. The molecule has 0 aromatic carbocycles. The quantitative estimate of drug-likeness (QED) is 0.656. The highest BCUT2D eigenvalue weighted by Gasteiger charge is 2.05. The Balaban J connectivity index is 1.97. The van der Waals surface area contributed by atoms with Gasteiger partial charge in [-0.15, -0.1) is 22.7 Å². The van der Waals surface area contributed by atoms with Crippen LogP contribution < -0.4 is 10.6 Å². The molecule has 114 valence electrons. The summed E-state index contributed by atoms with van der Waals surface area (Å²) >= 11 is 3.41. The molecule has 0 spiro atoms. The molecule has 0 aliphatic rings. The molecule has 2 rings (SSSR count). The number of guanidine groups is 1. The van der Waals surface area contributed by atoms with Crippen molar-refractivity contribution in [3.05, 3.63) is 31.7 Å². The Bertz CT molecular complexity index is 615. The first-order chi connectivity index (χ1) is 10.1. The van der Waals surface area contributed by atoms with Crippen LogP contribution in [0.5, 0.6) is 0 Å². The van der Waals surface area contributed by atoms with Crippen LogP contribution >= 0.6 is 22.7 Å². The first-order valence-electron chi connectivity index (χ1n) is 6.95. The Labute approximate surface area is 133 Å². The van der Waals surface area contributed by atoms with Gasteiger partial charge in [-0.05, 0) is 27.7 Å². The highest BCUT2D eigenvalue weighted by atomic mass is 32.1. The van der Waals surface area contributed by atoms with Crippen molar-refractivity contribution in [3.8, 4) is 0 Å². The largest absolute Gasteiger partial charge is 0.357 e. The molecule has 0 atom stereocenters. The molecular weight excluding hydrogens is 302 g/mol. The number of nitrogens with one attached hydrogen (secondary N) is 2. The minimum Gasteiger partial charge on any atom is -0.357 e. The zero-order valence-corrected chi connectivity index (χ0v) is 14.5. The SMILES string of the molecule is CCNC(=NCc1sc(C)nc1C)NCc1ncc(C)s1. The van der Waals surface area contributed by atoms with E-state index in [1.165, 1.54) is 9.75 Å². The molecule has 0 fully saturated rings. The predicted molar refractivity (Wildman–Crippen MR) is 90.1 cm³/mol. The van der Waals surface area contributed by atoms with Gasteiger partial charge in [-0.1, -0.05) is 0 Å². The third-order valence-corrected chi connectivity index (χ3v) is 4.77. The molecule has 0 aliphatic carbocycles. The maximum absolute atomic E-state index is 4.62. The molecule has 2 heterocycles. The fourth-order valence-corrected chi connectivity index (χ4v) is 3.44. The van der Waals surface area contributed by atoms with Gasteiger partial charge in [0.25, 0.3) is 0 Å². The van der Waals surface area contributed by atoms with Crippen molar-refractivity contribution in [1.29, 1.82) is 0 Å². The lowest BCUT2D eigenvalue weighted by atomic mass is 10.4. The Kier molecular flexibility index (Phi) is 5.69. The Morgan fingerprint density at radius 3 is 2.62 bits per heavy atom. The van der Waals surface area contributed by atoms with Crippen molar-refractivity contribution >= 4 is 28.6 Å². The van der Waals surface area contributed by atoms with Gasteiger partial charge in [0.15, 0.2) is 5.96 Å². The second-order valence-corrected chi connectivity index (χ2v) is 7.26. The Hall–Kier alpha value is -1.47. The molecule has 7 heteroatoms. The number of nitrogens with zero attached hydrogens (tertiary/aromatic N) is 3. The Morgan fingerprint density at radius 2 is 2.05 bits per heavy atom. The Morgan fingerprint density at radius 1 is 1.24 bits per heavy atom. The van der Waals surface area contributed by atoms with Gasteiger partial charge in [0.05, 0.1) is 23.8 Å². The highest BCUT2D eigenvalue weighted by molar-refractivity contribution is 7.11. The summed E-state index contributed by atoms with van der Waals surface area (Å²) in [6.45, 7) is 10.4. The van der Waals surface area contributed by atoms with Gasteiger partial charge in [0, 0.05) is 22.5 Å². The van der Waals surface area contributed by atoms with Crippen molar-refractivity contribution in [2.24, 2.45) is 4.99 Å². The van der Waals surface area contributed by atoms with Crippen molar-refractivity contribution in [1.82, 2.24) is 20.6 Å². The number of thiazole rings is 2. The van der Waals surface area contributed by atoms with Gasteiger partial charge < -0.3 is 10.6 Å². The first kappa shape index (κ1) is 15.9. The van der Waals surface area contributed by atoms with E-state index >= 15 is 0 Å². The van der Waals surface area contributed by atoms with Crippen molar-refractivity contribution < 1.29 is 0 Å². The average molecular weight is 323 g/mol. The summed E-state index contributed by atoms with van der Waals surface area (Å²) in [5.74, 6) is 0.816. The minimum absolute atomic E-state index is 0.656. The maximum Gasteiger partial charge on any atom is 0.191 e. The highest BCUT2D eigenvalue weighted by Crippen LogP contribution is 2.17. The molecule has 5 nitrogen and oxygen atoms in total. The summed E-state index contributed by atoms with van der Waals surface area (Å²) in [5, 5.41) is 8.74. The van der Waals surface area contributed by atoms with E-state index in [0.717, 1.165) is 28.2 Å². The minimum atomic E-state index is 0.656. The van der Waals surface area contributed by atoms with Crippen LogP contribution in [0.2, 0.25) is 0 Å². The molecule has 0 bridgehead atoms. The maximum atomic E-state index is 4.62. The molecule has 2 aromatic heterocycles. The van der Waals surface area contributed by atoms with E-state index in [1.807, 2.05) is 20.0 Å². The fraction of sp³-hybridized carbons (Fsp3) is 0.500. The van der Waals surface area contributed by atoms with Gasteiger partial charge in [-0.2, -0.15) is 0 Å². The molecule has 0 saturated heterocycles. The molecule has 0 unspecified atom stereocenters. The molecule has 21 heavy (non-hydrogen) atoms. The number of aliphatic imine (C=N–C) groups is 1. The van der Waals surface area contributed by atoms with Crippen LogP contribution in [0.25, 0.3) is 0 Å². The molecule has 2 aromatic rings. The summed E-state index contributed by atoms with van der Waals surface area (Å²) < 4.78 is 0. The average Bonchev–Trinajstić information content (AvgIpc) is 2.99.